The van der Waals surface area contributed by atoms with Crippen molar-refractivity contribution >= 4 is 32.7 Å². The van der Waals surface area contributed by atoms with E-state index < -0.39 is 5.63 Å². The maximum absolute atomic E-state index is 12.4. The Morgan fingerprint density at radius 3 is 2.55 bits per heavy atom. The van der Waals surface area contributed by atoms with E-state index in [1.165, 1.54) is 13.2 Å². The van der Waals surface area contributed by atoms with Crippen molar-refractivity contribution in [3.8, 4) is 5.75 Å². The molecule has 3 aromatic rings. The molecule has 1 heterocycles. The third-order valence-electron chi connectivity index (χ3n) is 3.26. The molecule has 0 amide bonds. The first-order chi connectivity index (χ1) is 10.6. The Labute approximate surface area is 134 Å². The molecule has 22 heavy (non-hydrogen) atoms. The number of rotatable bonds is 3. The normalized spacial score (nSPS) is 10.6. The van der Waals surface area contributed by atoms with Gasteiger partial charge in [-0.25, -0.2) is 4.79 Å². The summed E-state index contributed by atoms with van der Waals surface area (Å²) in [6.45, 7) is 0. The molecule has 0 aliphatic carbocycles. The van der Waals surface area contributed by atoms with Crippen LogP contribution in [-0.4, -0.2) is 12.9 Å². The molecule has 1 aromatic heterocycles. The molecule has 110 valence electrons. The highest BCUT2D eigenvalue weighted by atomic mass is 79.9. The SMILES string of the molecule is COc1cc(Br)cc2cc(C(=O)c3ccccc3)c(=O)oc12. The lowest BCUT2D eigenvalue weighted by atomic mass is 10.0. The lowest BCUT2D eigenvalue weighted by molar-refractivity contribution is 0.103. The Kier molecular flexibility index (Phi) is 3.81. The Morgan fingerprint density at radius 2 is 1.86 bits per heavy atom. The highest BCUT2D eigenvalue weighted by Crippen LogP contribution is 2.29. The van der Waals surface area contributed by atoms with Gasteiger partial charge in [0.2, 0.25) is 0 Å². The van der Waals surface area contributed by atoms with Crippen LogP contribution in [0.4, 0.5) is 0 Å². The molecule has 0 aliphatic rings. The van der Waals surface area contributed by atoms with Gasteiger partial charge >= 0.3 is 5.63 Å². The maximum Gasteiger partial charge on any atom is 0.347 e. The fourth-order valence-electron chi connectivity index (χ4n) is 2.22. The Balaban J connectivity index is 2.22. The smallest absolute Gasteiger partial charge is 0.347 e. The summed E-state index contributed by atoms with van der Waals surface area (Å²) in [4.78, 5) is 24.6. The zero-order chi connectivity index (χ0) is 15.7. The number of hydrogen-bond acceptors (Lipinski definition) is 4. The first kappa shape index (κ1) is 14.5. The summed E-state index contributed by atoms with van der Waals surface area (Å²) in [7, 11) is 1.49. The van der Waals surface area contributed by atoms with Crippen molar-refractivity contribution in [2.24, 2.45) is 0 Å². The van der Waals surface area contributed by atoms with Gasteiger partial charge in [-0.1, -0.05) is 46.3 Å². The number of fused-ring (bicyclic) bond motifs is 1. The Morgan fingerprint density at radius 1 is 1.14 bits per heavy atom. The lowest BCUT2D eigenvalue weighted by Gasteiger charge is -2.06. The number of benzene rings is 2. The van der Waals surface area contributed by atoms with Crippen LogP contribution in [-0.2, 0) is 0 Å². The van der Waals surface area contributed by atoms with E-state index in [1.54, 1.807) is 36.4 Å². The van der Waals surface area contributed by atoms with Crippen molar-refractivity contribution in [3.63, 3.8) is 0 Å². The van der Waals surface area contributed by atoms with E-state index in [2.05, 4.69) is 15.9 Å². The van der Waals surface area contributed by atoms with Gasteiger partial charge in [0, 0.05) is 15.4 Å². The molecule has 0 saturated carbocycles. The van der Waals surface area contributed by atoms with Gasteiger partial charge in [-0.15, -0.1) is 0 Å². The van der Waals surface area contributed by atoms with Crippen LogP contribution >= 0.6 is 15.9 Å². The Hall–Kier alpha value is -2.40. The zero-order valence-electron chi connectivity index (χ0n) is 11.6. The van der Waals surface area contributed by atoms with Gasteiger partial charge in [-0.05, 0) is 18.2 Å². The predicted molar refractivity (Wildman–Crippen MR) is 86.6 cm³/mol. The quantitative estimate of drug-likeness (QED) is 0.527. The fraction of sp³-hybridized carbons (Fsp3) is 0.0588. The van der Waals surface area contributed by atoms with Crippen molar-refractivity contribution in [2.75, 3.05) is 7.11 Å². The van der Waals surface area contributed by atoms with E-state index in [0.29, 0.717) is 22.3 Å². The highest BCUT2D eigenvalue weighted by Gasteiger charge is 2.17. The van der Waals surface area contributed by atoms with Crippen LogP contribution in [0.3, 0.4) is 0 Å². The largest absolute Gasteiger partial charge is 0.493 e. The van der Waals surface area contributed by atoms with Crippen LogP contribution in [0.15, 0.2) is 62.2 Å². The molecular weight excluding hydrogens is 348 g/mol. The molecule has 0 fully saturated rings. The molecular formula is C17H11BrO4. The minimum atomic E-state index is -0.679. The van der Waals surface area contributed by atoms with E-state index >= 15 is 0 Å². The minimum absolute atomic E-state index is 0.00106. The van der Waals surface area contributed by atoms with Gasteiger partial charge in [-0.3, -0.25) is 4.79 Å². The summed E-state index contributed by atoms with van der Waals surface area (Å²) in [5.41, 5.74) is 0.0808. The van der Waals surface area contributed by atoms with Crippen molar-refractivity contribution < 1.29 is 13.9 Å². The third kappa shape index (κ3) is 2.55. The van der Waals surface area contributed by atoms with Gasteiger partial charge in [0.25, 0.3) is 0 Å². The molecule has 2 aromatic carbocycles. The van der Waals surface area contributed by atoms with Gasteiger partial charge < -0.3 is 9.15 Å². The van der Waals surface area contributed by atoms with Crippen molar-refractivity contribution in [1.29, 1.82) is 0 Å². The molecule has 0 saturated heterocycles. The fourth-order valence-corrected chi connectivity index (χ4v) is 2.68. The molecule has 0 spiro atoms. The molecule has 0 N–H and O–H groups in total. The number of hydrogen-bond donors (Lipinski definition) is 0. The summed E-state index contributed by atoms with van der Waals surface area (Å²) in [6, 6.07) is 13.6. The van der Waals surface area contributed by atoms with E-state index in [9.17, 15) is 9.59 Å². The second-order valence-electron chi connectivity index (χ2n) is 4.67. The van der Waals surface area contributed by atoms with Gasteiger partial charge in [0.1, 0.15) is 5.56 Å². The molecule has 0 bridgehead atoms. The number of ether oxygens (including phenoxy) is 1. The third-order valence-corrected chi connectivity index (χ3v) is 3.72. The summed E-state index contributed by atoms with van der Waals surface area (Å²) in [5.74, 6) is 0.0652. The molecule has 0 radical (unpaired) electrons. The van der Waals surface area contributed by atoms with Crippen molar-refractivity contribution in [2.45, 2.75) is 0 Å². The number of methoxy groups -OCH3 is 1. The summed E-state index contributed by atoms with van der Waals surface area (Å²) >= 11 is 3.36. The van der Waals surface area contributed by atoms with Gasteiger partial charge in [0.15, 0.2) is 17.1 Å². The predicted octanol–water partition coefficient (Wildman–Crippen LogP) is 3.80. The standard InChI is InChI=1S/C17H11BrO4/c1-21-14-9-12(18)7-11-8-13(17(20)22-16(11)14)15(19)10-5-3-2-4-6-10/h2-9H,1H3. The van der Waals surface area contributed by atoms with Crippen LogP contribution in [0.5, 0.6) is 5.75 Å². The number of carbonyl (C=O) groups excluding carboxylic acids is 1. The second-order valence-corrected chi connectivity index (χ2v) is 5.58. The molecule has 0 unspecified atom stereocenters. The van der Waals surface area contributed by atoms with Crippen LogP contribution in [0, 0.1) is 0 Å². The molecule has 3 rings (SSSR count). The number of carbonyl (C=O) groups is 1. The highest BCUT2D eigenvalue weighted by molar-refractivity contribution is 9.10. The first-order valence-electron chi connectivity index (χ1n) is 6.51. The van der Waals surface area contributed by atoms with Crippen LogP contribution in [0.2, 0.25) is 0 Å². The number of ketones is 1. The van der Waals surface area contributed by atoms with E-state index in [-0.39, 0.29) is 11.3 Å². The first-order valence-corrected chi connectivity index (χ1v) is 7.30. The monoisotopic (exact) mass is 358 g/mol. The Bertz CT molecular complexity index is 913. The van der Waals surface area contributed by atoms with Crippen LogP contribution < -0.4 is 10.4 Å². The van der Waals surface area contributed by atoms with E-state index in [4.69, 9.17) is 9.15 Å². The minimum Gasteiger partial charge on any atom is -0.493 e. The molecule has 0 atom stereocenters. The second kappa shape index (κ2) is 5.77. The van der Waals surface area contributed by atoms with Crippen molar-refractivity contribution in [1.82, 2.24) is 0 Å². The average Bonchev–Trinajstić information content (AvgIpc) is 2.54. The van der Waals surface area contributed by atoms with Gasteiger partial charge in [-0.2, -0.15) is 0 Å². The number of halogens is 1. The van der Waals surface area contributed by atoms with Crippen LogP contribution in [0.1, 0.15) is 15.9 Å². The summed E-state index contributed by atoms with van der Waals surface area (Å²) in [5, 5.41) is 0.616. The average molecular weight is 359 g/mol. The lowest BCUT2D eigenvalue weighted by Crippen LogP contribution is -2.14. The molecule has 4 nitrogen and oxygen atoms in total. The van der Waals surface area contributed by atoms with E-state index in [0.717, 1.165) is 4.47 Å². The van der Waals surface area contributed by atoms with Crippen molar-refractivity contribution in [3.05, 3.63) is 74.6 Å². The zero-order valence-corrected chi connectivity index (χ0v) is 13.2. The molecule has 5 heteroatoms. The van der Waals surface area contributed by atoms with E-state index in [1.807, 2.05) is 6.07 Å². The topological polar surface area (TPSA) is 56.5 Å². The maximum atomic E-state index is 12.4. The van der Waals surface area contributed by atoms with Crippen LogP contribution in [0.25, 0.3) is 11.0 Å². The van der Waals surface area contributed by atoms with Gasteiger partial charge in [0.05, 0.1) is 7.11 Å². The summed E-state index contributed by atoms with van der Waals surface area (Å²) in [6.07, 6.45) is 0. The summed E-state index contributed by atoms with van der Waals surface area (Å²) < 4.78 is 11.3. The molecule has 0 aliphatic heterocycles.